The number of hydrogen-bond acceptors (Lipinski definition) is 6. The van der Waals surface area contributed by atoms with Crippen molar-refractivity contribution in [1.82, 2.24) is 10.2 Å². The summed E-state index contributed by atoms with van der Waals surface area (Å²) in [5, 5.41) is 8.39. The summed E-state index contributed by atoms with van der Waals surface area (Å²) in [5.41, 5.74) is 0.798. The molecule has 7 heteroatoms. The molecule has 1 aromatic heterocycles. The molecule has 0 unspecified atom stereocenters. The number of rotatable bonds is 6. The van der Waals surface area contributed by atoms with Crippen LogP contribution in [0.4, 0.5) is 0 Å². The molecule has 0 aliphatic rings. The van der Waals surface area contributed by atoms with Gasteiger partial charge in [0.05, 0.1) is 0 Å². The van der Waals surface area contributed by atoms with E-state index in [0.29, 0.717) is 16.7 Å². The van der Waals surface area contributed by atoms with Crippen molar-refractivity contribution in [2.24, 2.45) is 0 Å². The second kappa shape index (κ2) is 7.81. The first-order valence-electron chi connectivity index (χ1n) is 7.58. The van der Waals surface area contributed by atoms with Gasteiger partial charge in [-0.3, -0.25) is 0 Å². The average Bonchev–Trinajstić information content (AvgIpc) is 3.11. The van der Waals surface area contributed by atoms with Crippen LogP contribution in [0.1, 0.15) is 12.8 Å². The minimum absolute atomic E-state index is 0.118. The van der Waals surface area contributed by atoms with Crippen molar-refractivity contribution in [1.29, 1.82) is 0 Å². The van der Waals surface area contributed by atoms with E-state index in [2.05, 4.69) is 10.2 Å². The van der Waals surface area contributed by atoms with Gasteiger partial charge in [-0.1, -0.05) is 29.8 Å². The minimum Gasteiger partial charge on any atom is -0.479 e. The van der Waals surface area contributed by atoms with Crippen LogP contribution in [0.5, 0.6) is 5.75 Å². The Kier molecular flexibility index (Phi) is 5.30. The van der Waals surface area contributed by atoms with Gasteiger partial charge in [-0.15, -0.1) is 10.2 Å². The molecule has 1 heterocycles. The summed E-state index contributed by atoms with van der Waals surface area (Å²) in [5.74, 6) is 0.579. The van der Waals surface area contributed by atoms with Crippen molar-refractivity contribution in [3.8, 4) is 17.2 Å². The number of halogens is 1. The van der Waals surface area contributed by atoms with Gasteiger partial charge in [0.25, 0.3) is 5.89 Å². The Morgan fingerprint density at radius 1 is 1.12 bits per heavy atom. The number of aromatic nitrogens is 2. The number of esters is 1. The zero-order valence-electron chi connectivity index (χ0n) is 13.4. The lowest BCUT2D eigenvalue weighted by atomic mass is 10.2. The smallest absolute Gasteiger partial charge is 0.347 e. The monoisotopic (exact) mass is 358 g/mol. The third kappa shape index (κ3) is 4.58. The van der Waals surface area contributed by atoms with E-state index in [1.54, 1.807) is 31.2 Å². The van der Waals surface area contributed by atoms with Crippen LogP contribution in [0.15, 0.2) is 59.0 Å². The second-order valence-electron chi connectivity index (χ2n) is 5.19. The highest BCUT2D eigenvalue weighted by Gasteiger charge is 2.18. The summed E-state index contributed by atoms with van der Waals surface area (Å²) in [4.78, 5) is 12.0. The molecule has 0 aliphatic carbocycles. The van der Waals surface area contributed by atoms with Crippen molar-refractivity contribution in [3.63, 3.8) is 0 Å². The molecule has 6 nitrogen and oxygen atoms in total. The second-order valence-corrected chi connectivity index (χ2v) is 5.63. The fourth-order valence-corrected chi connectivity index (χ4v) is 2.15. The van der Waals surface area contributed by atoms with Gasteiger partial charge in [0.15, 0.2) is 12.7 Å². The highest BCUT2D eigenvalue weighted by molar-refractivity contribution is 6.30. The molecule has 128 valence electrons. The third-order valence-electron chi connectivity index (χ3n) is 3.28. The fourth-order valence-electron chi connectivity index (χ4n) is 2.02. The molecule has 0 fully saturated rings. The molecule has 1 atom stereocenters. The van der Waals surface area contributed by atoms with E-state index in [9.17, 15) is 4.79 Å². The Morgan fingerprint density at radius 2 is 1.84 bits per heavy atom. The van der Waals surface area contributed by atoms with Crippen molar-refractivity contribution in [2.75, 3.05) is 0 Å². The van der Waals surface area contributed by atoms with Gasteiger partial charge in [-0.2, -0.15) is 0 Å². The fraction of sp³-hybridized carbons (Fsp3) is 0.167. The van der Waals surface area contributed by atoms with E-state index in [4.69, 9.17) is 25.5 Å². The molecule has 3 rings (SSSR count). The lowest BCUT2D eigenvalue weighted by molar-refractivity contribution is -0.153. The van der Waals surface area contributed by atoms with Gasteiger partial charge in [-0.25, -0.2) is 4.79 Å². The molecule has 0 spiro atoms. The Labute approximate surface area is 149 Å². The lowest BCUT2D eigenvalue weighted by Crippen LogP contribution is -2.26. The average molecular weight is 359 g/mol. The van der Waals surface area contributed by atoms with Crippen molar-refractivity contribution < 1.29 is 18.7 Å². The van der Waals surface area contributed by atoms with E-state index in [1.807, 2.05) is 30.3 Å². The summed E-state index contributed by atoms with van der Waals surface area (Å²) < 4.78 is 16.1. The number of ether oxygens (including phenoxy) is 2. The van der Waals surface area contributed by atoms with Crippen LogP contribution < -0.4 is 4.74 Å². The van der Waals surface area contributed by atoms with Crippen LogP contribution in [0.25, 0.3) is 11.5 Å². The van der Waals surface area contributed by atoms with Gasteiger partial charge < -0.3 is 13.9 Å². The van der Waals surface area contributed by atoms with Crippen molar-refractivity contribution in [3.05, 3.63) is 65.5 Å². The van der Waals surface area contributed by atoms with E-state index < -0.39 is 12.1 Å². The molecule has 0 bridgehead atoms. The first kappa shape index (κ1) is 17.0. The number of hydrogen-bond donors (Lipinski definition) is 0. The summed E-state index contributed by atoms with van der Waals surface area (Å²) in [6.45, 7) is 1.48. The summed E-state index contributed by atoms with van der Waals surface area (Å²) in [7, 11) is 0. The van der Waals surface area contributed by atoms with E-state index in [-0.39, 0.29) is 12.5 Å². The summed E-state index contributed by atoms with van der Waals surface area (Å²) in [6.07, 6.45) is -0.780. The van der Waals surface area contributed by atoms with Crippen molar-refractivity contribution in [2.45, 2.75) is 19.6 Å². The normalized spacial score (nSPS) is 11.8. The SMILES string of the molecule is C[C@H](Oc1ccc(Cl)cc1)C(=O)OCc1nnc(-c2ccccc2)o1. The standard InChI is InChI=1S/C18H15ClN2O4/c1-12(24-15-9-7-14(19)8-10-15)18(22)23-11-16-20-21-17(25-16)13-5-3-2-4-6-13/h2-10,12H,11H2,1H3/t12-/m0/s1. The molecule has 0 radical (unpaired) electrons. The molecule has 0 saturated heterocycles. The van der Waals surface area contributed by atoms with Gasteiger partial charge in [-0.05, 0) is 43.3 Å². The predicted octanol–water partition coefficient (Wildman–Crippen LogP) is 3.90. The predicted molar refractivity (Wildman–Crippen MR) is 91.1 cm³/mol. The van der Waals surface area contributed by atoms with Crippen LogP contribution in [0.3, 0.4) is 0 Å². The highest BCUT2D eigenvalue weighted by atomic mass is 35.5. The Morgan fingerprint density at radius 3 is 2.56 bits per heavy atom. The topological polar surface area (TPSA) is 74.5 Å². The molecule has 3 aromatic rings. The van der Waals surface area contributed by atoms with Gasteiger partial charge in [0, 0.05) is 10.6 Å². The minimum atomic E-state index is -0.780. The molecular formula is C18H15ClN2O4. The maximum absolute atomic E-state index is 12.0. The largest absolute Gasteiger partial charge is 0.479 e. The van der Waals surface area contributed by atoms with E-state index in [1.165, 1.54) is 0 Å². The summed E-state index contributed by atoms with van der Waals surface area (Å²) in [6, 6.07) is 16.1. The molecule has 2 aromatic carbocycles. The van der Waals surface area contributed by atoms with E-state index in [0.717, 1.165) is 5.56 Å². The zero-order chi connectivity index (χ0) is 17.6. The molecule has 0 amide bonds. The molecule has 0 aliphatic heterocycles. The number of benzene rings is 2. The first-order valence-corrected chi connectivity index (χ1v) is 7.96. The van der Waals surface area contributed by atoms with Crippen molar-refractivity contribution >= 4 is 17.6 Å². The van der Waals surface area contributed by atoms with Gasteiger partial charge >= 0.3 is 5.97 Å². The maximum atomic E-state index is 12.0. The first-order chi connectivity index (χ1) is 12.1. The molecular weight excluding hydrogens is 344 g/mol. The van der Waals surface area contributed by atoms with Gasteiger partial charge in [0.2, 0.25) is 5.89 Å². The van der Waals surface area contributed by atoms with E-state index >= 15 is 0 Å². The maximum Gasteiger partial charge on any atom is 0.347 e. The molecule has 0 N–H and O–H groups in total. The van der Waals surface area contributed by atoms with Crippen LogP contribution in [-0.2, 0) is 16.1 Å². The molecule has 25 heavy (non-hydrogen) atoms. The highest BCUT2D eigenvalue weighted by Crippen LogP contribution is 2.18. The summed E-state index contributed by atoms with van der Waals surface area (Å²) >= 11 is 5.80. The Balaban J connectivity index is 1.53. The van der Waals surface area contributed by atoms with Crippen LogP contribution in [0, 0.1) is 0 Å². The number of nitrogens with zero attached hydrogens (tertiary/aromatic N) is 2. The van der Waals surface area contributed by atoms with Gasteiger partial charge in [0.1, 0.15) is 5.75 Å². The van der Waals surface area contributed by atoms with Crippen LogP contribution in [0.2, 0.25) is 5.02 Å². The quantitative estimate of drug-likeness (QED) is 0.622. The Hall–Kier alpha value is -2.86. The number of carbonyl (C=O) groups is 1. The van der Waals surface area contributed by atoms with Crippen LogP contribution in [-0.4, -0.2) is 22.3 Å². The molecule has 0 saturated carbocycles. The zero-order valence-corrected chi connectivity index (χ0v) is 14.1. The number of carbonyl (C=O) groups excluding carboxylic acids is 1. The third-order valence-corrected chi connectivity index (χ3v) is 3.54. The Bertz CT molecular complexity index is 834. The van der Waals surface area contributed by atoms with Crippen LogP contribution >= 0.6 is 11.6 Å². The lowest BCUT2D eigenvalue weighted by Gasteiger charge is -2.13.